The average molecular weight is 369 g/mol. The number of benzene rings is 2. The highest BCUT2D eigenvalue weighted by Gasteiger charge is 2.31. The van der Waals surface area contributed by atoms with Crippen LogP contribution in [0.1, 0.15) is 17.3 Å². The van der Waals surface area contributed by atoms with Gasteiger partial charge in [0.2, 0.25) is 0 Å². The fourth-order valence-electron chi connectivity index (χ4n) is 2.10. The number of hydrogen-bond donors (Lipinski definition) is 1. The molecule has 0 saturated carbocycles. The van der Waals surface area contributed by atoms with Crippen molar-refractivity contribution in [2.75, 3.05) is 25.1 Å². The lowest BCUT2D eigenvalue weighted by molar-refractivity contribution is -0.274. The Labute approximate surface area is 148 Å². The Morgan fingerprint density at radius 3 is 2.58 bits per heavy atom. The Kier molecular flexibility index (Phi) is 6.85. The number of halogens is 3. The van der Waals surface area contributed by atoms with Crippen LogP contribution in [0.15, 0.2) is 48.5 Å². The van der Waals surface area contributed by atoms with Crippen LogP contribution in [0.2, 0.25) is 0 Å². The van der Waals surface area contributed by atoms with E-state index in [1.807, 2.05) is 6.92 Å². The van der Waals surface area contributed by atoms with E-state index in [1.54, 1.807) is 24.3 Å². The number of nitrogens with one attached hydrogen (secondary N) is 1. The van der Waals surface area contributed by atoms with Gasteiger partial charge in [-0.15, -0.1) is 13.2 Å². The van der Waals surface area contributed by atoms with E-state index in [4.69, 9.17) is 9.47 Å². The average Bonchev–Trinajstić information content (AvgIpc) is 2.58. The van der Waals surface area contributed by atoms with Gasteiger partial charge in [0, 0.05) is 18.4 Å². The van der Waals surface area contributed by atoms with Gasteiger partial charge in [0.1, 0.15) is 18.1 Å². The van der Waals surface area contributed by atoms with Gasteiger partial charge in [-0.1, -0.05) is 18.2 Å². The molecule has 0 aliphatic heterocycles. The second kappa shape index (κ2) is 9.10. The highest BCUT2D eigenvalue weighted by molar-refractivity contribution is 6.06. The molecule has 0 fully saturated rings. The number of carbonyl (C=O) groups is 1. The van der Waals surface area contributed by atoms with Crippen molar-refractivity contribution < 1.29 is 32.2 Å². The molecule has 0 aliphatic carbocycles. The van der Waals surface area contributed by atoms with Gasteiger partial charge in [-0.05, 0) is 31.2 Å². The molecule has 0 atom stereocenters. The summed E-state index contributed by atoms with van der Waals surface area (Å²) in [5.41, 5.74) is 0.423. The zero-order valence-corrected chi connectivity index (χ0v) is 14.0. The predicted octanol–water partition coefficient (Wildman–Crippen LogP) is 4.25. The number of para-hydroxylation sites is 1. The molecule has 2 rings (SSSR count). The second-order valence-corrected chi connectivity index (χ2v) is 5.07. The molecule has 2 aromatic carbocycles. The lowest BCUT2D eigenvalue weighted by Gasteiger charge is -2.13. The third kappa shape index (κ3) is 6.29. The van der Waals surface area contributed by atoms with E-state index in [0.29, 0.717) is 19.0 Å². The first-order valence-electron chi connectivity index (χ1n) is 7.86. The van der Waals surface area contributed by atoms with E-state index in [2.05, 4.69) is 10.1 Å². The summed E-state index contributed by atoms with van der Waals surface area (Å²) in [4.78, 5) is 12.4. The minimum atomic E-state index is -4.80. The molecule has 140 valence electrons. The molecular weight excluding hydrogens is 351 g/mol. The van der Waals surface area contributed by atoms with Crippen LogP contribution in [-0.2, 0) is 4.74 Å². The number of carbonyl (C=O) groups excluding carboxylic acids is 1. The molecule has 0 aliphatic rings. The lowest BCUT2D eigenvalue weighted by atomic mass is 10.2. The van der Waals surface area contributed by atoms with E-state index >= 15 is 0 Å². The maximum Gasteiger partial charge on any atom is 0.573 e. The summed E-state index contributed by atoms with van der Waals surface area (Å²) in [6.07, 6.45) is -4.80. The normalized spacial score (nSPS) is 11.1. The molecule has 2 aromatic rings. The summed E-state index contributed by atoms with van der Waals surface area (Å²) in [7, 11) is 0. The fourth-order valence-corrected chi connectivity index (χ4v) is 2.10. The first-order chi connectivity index (χ1) is 12.4. The van der Waals surface area contributed by atoms with Crippen molar-refractivity contribution in [2.45, 2.75) is 13.3 Å². The summed E-state index contributed by atoms with van der Waals surface area (Å²) in [6, 6.07) is 11.6. The van der Waals surface area contributed by atoms with Gasteiger partial charge < -0.3 is 19.5 Å². The van der Waals surface area contributed by atoms with Crippen molar-refractivity contribution >= 4 is 11.6 Å². The predicted molar refractivity (Wildman–Crippen MR) is 89.5 cm³/mol. The van der Waals surface area contributed by atoms with Gasteiger partial charge in [0.25, 0.3) is 5.91 Å². The Bertz CT molecular complexity index is 734. The van der Waals surface area contributed by atoms with Gasteiger partial charge in [-0.3, -0.25) is 4.79 Å². The standard InChI is InChI=1S/C18H18F3NO4/c1-2-24-10-11-25-16-9-4-3-8-15(16)17(23)22-13-6-5-7-14(12-13)26-18(19,20)21/h3-9,12H,2,10-11H2,1H3,(H,22,23). The molecule has 0 aromatic heterocycles. The van der Waals surface area contributed by atoms with Gasteiger partial charge in [-0.2, -0.15) is 0 Å². The molecule has 8 heteroatoms. The van der Waals surface area contributed by atoms with Crippen LogP contribution in [0.4, 0.5) is 18.9 Å². The van der Waals surface area contributed by atoms with E-state index in [9.17, 15) is 18.0 Å². The summed E-state index contributed by atoms with van der Waals surface area (Å²) in [6.45, 7) is 3.07. The number of ether oxygens (including phenoxy) is 3. The number of hydrogen-bond acceptors (Lipinski definition) is 4. The van der Waals surface area contributed by atoms with Crippen molar-refractivity contribution in [1.82, 2.24) is 0 Å². The lowest BCUT2D eigenvalue weighted by Crippen LogP contribution is -2.18. The quantitative estimate of drug-likeness (QED) is 0.707. The minimum Gasteiger partial charge on any atom is -0.490 e. The summed E-state index contributed by atoms with van der Waals surface area (Å²) >= 11 is 0. The monoisotopic (exact) mass is 369 g/mol. The number of anilines is 1. The van der Waals surface area contributed by atoms with Crippen LogP contribution in [-0.4, -0.2) is 32.1 Å². The Balaban J connectivity index is 2.07. The van der Waals surface area contributed by atoms with Gasteiger partial charge in [0.15, 0.2) is 0 Å². The number of alkyl halides is 3. The topological polar surface area (TPSA) is 56.8 Å². The molecule has 0 unspecified atom stereocenters. The Hall–Kier alpha value is -2.74. The smallest absolute Gasteiger partial charge is 0.490 e. The summed E-state index contributed by atoms with van der Waals surface area (Å²) in [5.74, 6) is -0.579. The van der Waals surface area contributed by atoms with Crippen LogP contribution in [0.3, 0.4) is 0 Å². The Morgan fingerprint density at radius 2 is 1.85 bits per heavy atom. The highest BCUT2D eigenvalue weighted by Crippen LogP contribution is 2.26. The third-order valence-corrected chi connectivity index (χ3v) is 3.15. The van der Waals surface area contributed by atoms with Crippen molar-refractivity contribution in [1.29, 1.82) is 0 Å². The van der Waals surface area contributed by atoms with Gasteiger partial charge >= 0.3 is 6.36 Å². The second-order valence-electron chi connectivity index (χ2n) is 5.07. The van der Waals surface area contributed by atoms with Crippen molar-refractivity contribution in [3.05, 3.63) is 54.1 Å². The van der Waals surface area contributed by atoms with Crippen molar-refractivity contribution in [3.63, 3.8) is 0 Å². The number of rotatable bonds is 8. The molecule has 0 saturated heterocycles. The van der Waals surface area contributed by atoms with Crippen LogP contribution >= 0.6 is 0 Å². The van der Waals surface area contributed by atoms with Crippen molar-refractivity contribution in [2.24, 2.45) is 0 Å². The molecule has 0 bridgehead atoms. The minimum absolute atomic E-state index is 0.167. The zero-order chi connectivity index (χ0) is 19.0. The third-order valence-electron chi connectivity index (χ3n) is 3.15. The maximum atomic E-state index is 12.4. The molecular formula is C18H18F3NO4. The van der Waals surface area contributed by atoms with E-state index in [0.717, 1.165) is 12.1 Å². The molecule has 26 heavy (non-hydrogen) atoms. The molecule has 1 N–H and O–H groups in total. The highest BCUT2D eigenvalue weighted by atomic mass is 19.4. The first kappa shape index (κ1) is 19.6. The summed E-state index contributed by atoms with van der Waals surface area (Å²) in [5, 5.41) is 2.53. The molecule has 0 spiro atoms. The zero-order valence-electron chi connectivity index (χ0n) is 14.0. The first-order valence-corrected chi connectivity index (χ1v) is 7.86. The summed E-state index contributed by atoms with van der Waals surface area (Å²) < 4.78 is 51.4. The Morgan fingerprint density at radius 1 is 1.08 bits per heavy atom. The molecule has 5 nitrogen and oxygen atoms in total. The maximum absolute atomic E-state index is 12.4. The van der Waals surface area contributed by atoms with E-state index in [1.165, 1.54) is 12.1 Å². The molecule has 1 amide bonds. The van der Waals surface area contributed by atoms with E-state index in [-0.39, 0.29) is 17.9 Å². The van der Waals surface area contributed by atoms with Crippen LogP contribution in [0, 0.1) is 0 Å². The van der Waals surface area contributed by atoms with Gasteiger partial charge in [0.05, 0.1) is 12.2 Å². The number of amides is 1. The van der Waals surface area contributed by atoms with Crippen molar-refractivity contribution in [3.8, 4) is 11.5 Å². The van der Waals surface area contributed by atoms with Crippen LogP contribution in [0.5, 0.6) is 11.5 Å². The van der Waals surface area contributed by atoms with Crippen LogP contribution in [0.25, 0.3) is 0 Å². The van der Waals surface area contributed by atoms with Gasteiger partial charge in [-0.25, -0.2) is 0 Å². The SMILES string of the molecule is CCOCCOc1ccccc1C(=O)Nc1cccc(OC(F)(F)F)c1. The largest absolute Gasteiger partial charge is 0.573 e. The van der Waals surface area contributed by atoms with E-state index < -0.39 is 18.0 Å². The fraction of sp³-hybridized carbons (Fsp3) is 0.278. The molecule has 0 radical (unpaired) electrons. The molecule has 0 heterocycles. The van der Waals surface area contributed by atoms with Crippen LogP contribution < -0.4 is 14.8 Å².